The van der Waals surface area contributed by atoms with Gasteiger partial charge in [-0.2, -0.15) is 0 Å². The van der Waals surface area contributed by atoms with E-state index in [1.54, 1.807) is 97.0 Å². The van der Waals surface area contributed by atoms with E-state index in [4.69, 9.17) is 19.9 Å². The van der Waals surface area contributed by atoms with E-state index >= 15 is 0 Å². The Morgan fingerprint density at radius 1 is 0.607 bits per heavy atom. The van der Waals surface area contributed by atoms with E-state index in [0.29, 0.717) is 53.3 Å². The van der Waals surface area contributed by atoms with E-state index in [9.17, 15) is 70.1 Å². The maximum Gasteiger partial charge on any atom is 0.407 e. The van der Waals surface area contributed by atoms with Crippen LogP contribution in [-0.2, 0) is 59.4 Å². The Morgan fingerprint density at radius 2 is 0.988 bits per heavy atom. The number of hydrogen-bond acceptors (Lipinski definition) is 13. The highest BCUT2D eigenvalue weighted by Crippen LogP contribution is 2.28. The Hall–Kier alpha value is -6.90. The molecule has 0 bridgehead atoms. The number of ether oxygens (including phenoxy) is 3. The number of carboxylic acids is 2. The lowest BCUT2D eigenvalue weighted by atomic mass is 10.0. The Morgan fingerprint density at radius 3 is 1.37 bits per heavy atom. The summed E-state index contributed by atoms with van der Waals surface area (Å²) < 4.78 is 98.6. The molecule has 2 aliphatic rings. The van der Waals surface area contributed by atoms with Gasteiger partial charge in [-0.1, -0.05) is 52.0 Å². The van der Waals surface area contributed by atoms with E-state index in [1.807, 2.05) is 0 Å². The van der Waals surface area contributed by atoms with Crippen LogP contribution >= 0.6 is 35.9 Å². The number of amides is 5. The van der Waals surface area contributed by atoms with Crippen molar-refractivity contribution in [3.05, 3.63) is 130 Å². The number of carbonyl (C=O) groups excluding carboxylic acids is 5. The normalized spacial score (nSPS) is 16.3. The van der Waals surface area contributed by atoms with E-state index in [1.165, 1.54) is 33.3 Å². The van der Waals surface area contributed by atoms with Crippen molar-refractivity contribution in [1.82, 2.24) is 25.8 Å². The van der Waals surface area contributed by atoms with Crippen LogP contribution in [0, 0.1) is 46.7 Å². The molecule has 0 aromatic heterocycles. The first kappa shape index (κ1) is 69.6. The summed E-state index contributed by atoms with van der Waals surface area (Å²) in [6.07, 6.45) is -3.94. The van der Waals surface area contributed by atoms with Crippen molar-refractivity contribution in [2.24, 2.45) is 17.6 Å². The van der Waals surface area contributed by atoms with E-state index in [2.05, 4.69) is 16.0 Å². The molecule has 6 rings (SSSR count). The number of nitrogens with zero attached hydrogens (tertiary/aromatic N) is 2. The average Bonchev–Trinajstić information content (AvgIpc) is 4.07. The van der Waals surface area contributed by atoms with Crippen molar-refractivity contribution in [3.8, 4) is 11.5 Å². The van der Waals surface area contributed by atoms with E-state index < -0.39 is 111 Å². The number of halogens is 7. The zero-order valence-electron chi connectivity index (χ0n) is 47.1. The van der Waals surface area contributed by atoms with Crippen molar-refractivity contribution in [2.75, 3.05) is 24.6 Å². The Balaban J connectivity index is 0.000000361. The Labute approximate surface area is 497 Å². The van der Waals surface area contributed by atoms with Gasteiger partial charge in [-0.3, -0.25) is 19.2 Å². The molecule has 2 heterocycles. The molecule has 2 fully saturated rings. The number of carbonyl (C=O) groups is 7. The molecule has 460 valence electrons. The minimum Gasteiger partial charge on any atom is -0.478 e. The number of nitrogens with one attached hydrogen (secondary N) is 3. The SMILES string of the molecule is CC(C)[C@@H](Oc1ccc(CNC(=O)[C@@H]2SCCN2C(=O)C[C@@H](Cc2cc(F)c(F)cc2F)NC(=O)OC(C)(C)C)cc1)C(=O)O.CC(C)[C@@H](Oc1ccc(CNC(=O)[C@@H]2SCCN2C(=O)C[C@H](N)Cc2cc(F)c(F)cc2F)cc1)C(=O)O.Cl. The lowest BCUT2D eigenvalue weighted by Crippen LogP contribution is -2.48. The van der Waals surface area contributed by atoms with Gasteiger partial charge >= 0.3 is 18.0 Å². The average molecular weight is 1240 g/mol. The molecular weight excluding hydrogens is 1170 g/mol. The molecule has 7 N–H and O–H groups in total. The lowest BCUT2D eigenvalue weighted by Gasteiger charge is -2.27. The van der Waals surface area contributed by atoms with Crippen molar-refractivity contribution in [2.45, 2.75) is 128 Å². The fourth-order valence-corrected chi connectivity index (χ4v) is 10.8. The van der Waals surface area contributed by atoms with Gasteiger partial charge in [0, 0.05) is 86.6 Å². The van der Waals surface area contributed by atoms with E-state index in [0.717, 1.165) is 11.6 Å². The summed E-state index contributed by atoms with van der Waals surface area (Å²) in [5, 5.41) is 25.0. The summed E-state index contributed by atoms with van der Waals surface area (Å²) in [6.45, 7) is 12.8. The first-order chi connectivity index (χ1) is 39.0. The number of carboxylic acid groups (broad SMARTS) is 2. The molecule has 84 heavy (non-hydrogen) atoms. The summed E-state index contributed by atoms with van der Waals surface area (Å²) >= 11 is 2.55. The number of rotatable bonds is 23. The second kappa shape index (κ2) is 31.8. The molecule has 4 aromatic rings. The smallest absolute Gasteiger partial charge is 0.407 e. The second-order valence-electron chi connectivity index (χ2n) is 21.2. The molecule has 0 spiro atoms. The van der Waals surface area contributed by atoms with Crippen LogP contribution in [0.4, 0.5) is 31.1 Å². The molecule has 6 atom stereocenters. The van der Waals surface area contributed by atoms with Crippen LogP contribution in [0.25, 0.3) is 0 Å². The van der Waals surface area contributed by atoms with Gasteiger partial charge in [-0.25, -0.2) is 40.7 Å². The highest BCUT2D eigenvalue weighted by Gasteiger charge is 2.38. The summed E-state index contributed by atoms with van der Waals surface area (Å²) in [7, 11) is 0. The predicted molar refractivity (Wildman–Crippen MR) is 304 cm³/mol. The zero-order chi connectivity index (χ0) is 61.5. The Bertz CT molecular complexity index is 2950. The molecule has 27 heteroatoms. The number of benzene rings is 4. The summed E-state index contributed by atoms with van der Waals surface area (Å²) in [4.78, 5) is 90.1. The van der Waals surface area contributed by atoms with E-state index in [-0.39, 0.29) is 86.6 Å². The lowest BCUT2D eigenvalue weighted by molar-refractivity contribution is -0.148. The highest BCUT2D eigenvalue weighted by molar-refractivity contribution is 8.01. The topological polar surface area (TPSA) is 256 Å². The first-order valence-electron chi connectivity index (χ1n) is 26.4. The van der Waals surface area contributed by atoms with Crippen molar-refractivity contribution >= 4 is 77.6 Å². The summed E-state index contributed by atoms with van der Waals surface area (Å²) in [6, 6.07) is 13.6. The van der Waals surface area contributed by atoms with Crippen LogP contribution < -0.4 is 31.2 Å². The summed E-state index contributed by atoms with van der Waals surface area (Å²) in [5.74, 6) is -9.64. The maximum atomic E-state index is 14.4. The zero-order valence-corrected chi connectivity index (χ0v) is 49.5. The number of thioether (sulfide) groups is 2. The third kappa shape index (κ3) is 21.0. The largest absolute Gasteiger partial charge is 0.478 e. The van der Waals surface area contributed by atoms with Gasteiger partial charge in [0.15, 0.2) is 46.2 Å². The van der Waals surface area contributed by atoms with Crippen LogP contribution in [0.1, 0.15) is 83.6 Å². The van der Waals surface area contributed by atoms with Crippen LogP contribution in [-0.4, -0.2) is 127 Å². The van der Waals surface area contributed by atoms with Gasteiger partial charge in [0.2, 0.25) is 11.8 Å². The fraction of sp³-hybridized carbons (Fsp3) is 0.456. The number of nitrogens with two attached hydrogens (primary N) is 1. The third-order valence-corrected chi connectivity index (χ3v) is 15.0. The van der Waals surface area contributed by atoms with Crippen LogP contribution in [0.15, 0.2) is 72.8 Å². The van der Waals surface area contributed by atoms with Gasteiger partial charge < -0.3 is 55.9 Å². The fourth-order valence-electron chi connectivity index (χ4n) is 8.42. The van der Waals surface area contributed by atoms with Gasteiger partial charge in [0.1, 0.15) is 28.7 Å². The van der Waals surface area contributed by atoms with Gasteiger partial charge in [-0.05, 0) is 92.3 Å². The van der Waals surface area contributed by atoms with Crippen molar-refractivity contribution in [3.63, 3.8) is 0 Å². The molecule has 0 saturated carbocycles. The molecule has 4 aromatic carbocycles. The van der Waals surface area contributed by atoms with Gasteiger partial charge in [0.25, 0.3) is 11.8 Å². The number of hydrogen-bond donors (Lipinski definition) is 6. The molecule has 0 radical (unpaired) electrons. The molecule has 5 amide bonds. The van der Waals surface area contributed by atoms with Gasteiger partial charge in [0.05, 0.1) is 0 Å². The second-order valence-corrected chi connectivity index (χ2v) is 23.6. The van der Waals surface area contributed by atoms with Crippen molar-refractivity contribution in [1.29, 1.82) is 0 Å². The monoisotopic (exact) mass is 1240 g/mol. The number of alkyl carbamates (subject to hydrolysis) is 1. The number of aliphatic carboxylic acids is 2. The molecule has 2 saturated heterocycles. The quantitative estimate of drug-likeness (QED) is 0.0303. The molecule has 0 unspecified atom stereocenters. The van der Waals surface area contributed by atoms with Gasteiger partial charge in [-0.15, -0.1) is 35.9 Å². The third-order valence-electron chi connectivity index (χ3n) is 12.6. The van der Waals surface area contributed by atoms with Crippen molar-refractivity contribution < 1.29 is 84.3 Å². The first-order valence-corrected chi connectivity index (χ1v) is 28.5. The minimum atomic E-state index is -1.37. The highest BCUT2D eigenvalue weighted by atomic mass is 35.5. The molecular formula is C57H69ClF6N6O12S2. The molecule has 0 aliphatic carbocycles. The van der Waals surface area contributed by atoms with Crippen LogP contribution in [0.3, 0.4) is 0 Å². The predicted octanol–water partition coefficient (Wildman–Crippen LogP) is 8.13. The molecule has 18 nitrogen and oxygen atoms in total. The standard InChI is InChI=1S/C31H38F3N3O7S.C26H30F3N3O5S.ClH/c1-17(2)26(29(40)41)43-21-8-6-18(7-9-21)16-35-27(39)28-37(10-11-45-28)25(38)14-20(36-30(42)44-31(3,4)5)12-19-13-23(33)24(34)15-22(19)32;1-14(2)23(26(35)36)37-18-5-3-15(4-6-18)13-31-24(34)25-32(7-8-38-25)22(33)11-17(30)9-16-10-20(28)21(29)12-19(16)27;/h6-9,13,15,17,20,26,28H,10-12,14,16H2,1-5H3,(H,35,39)(H,36,42)(H,40,41);3-6,10,12,14,17,23,25H,7-9,11,13,30H2,1-2H3,(H,31,34)(H,35,36);1H/t20-,26-,28+;17-,23-,25+;/m11./s1. The maximum absolute atomic E-state index is 14.4. The summed E-state index contributed by atoms with van der Waals surface area (Å²) in [5.41, 5.74) is 6.20. The van der Waals surface area contributed by atoms with Crippen LogP contribution in [0.2, 0.25) is 0 Å². The van der Waals surface area contributed by atoms with Crippen LogP contribution in [0.5, 0.6) is 11.5 Å². The minimum absolute atomic E-state index is 0. The Kier molecular flexibility index (Phi) is 26.4. The molecule has 2 aliphatic heterocycles.